The number of hydrogen-bond donors (Lipinski definition) is 0. The largest absolute Gasteiger partial charge is 0.428 e. The molecule has 6 heteroatoms. The van der Waals surface area contributed by atoms with Crippen molar-refractivity contribution in [2.24, 2.45) is 0 Å². The van der Waals surface area contributed by atoms with Crippen molar-refractivity contribution in [1.29, 1.82) is 0 Å². The molecule has 102 valence electrons. The maximum absolute atomic E-state index is 5.16. The fraction of sp³-hybridized carbons (Fsp3) is 0.0667. The van der Waals surface area contributed by atoms with Crippen LogP contribution in [0.2, 0.25) is 0 Å². The second kappa shape index (κ2) is 4.82. The van der Waals surface area contributed by atoms with E-state index in [9.17, 15) is 0 Å². The van der Waals surface area contributed by atoms with Crippen LogP contribution in [0.4, 0.5) is 0 Å². The van der Waals surface area contributed by atoms with Crippen molar-refractivity contribution >= 4 is 5.65 Å². The van der Waals surface area contributed by atoms with Crippen LogP contribution in [0.25, 0.3) is 16.9 Å². The van der Waals surface area contributed by atoms with Gasteiger partial charge in [0.25, 0.3) is 0 Å². The molecule has 0 aliphatic rings. The molecule has 0 bridgehead atoms. The second-order valence-electron chi connectivity index (χ2n) is 4.68. The Labute approximate surface area is 120 Å². The molecule has 0 N–H and O–H groups in total. The summed E-state index contributed by atoms with van der Waals surface area (Å²) in [6.45, 7) is 0. The van der Waals surface area contributed by atoms with Crippen molar-refractivity contribution in [3.05, 3.63) is 66.6 Å². The third kappa shape index (κ3) is 2.16. The van der Waals surface area contributed by atoms with E-state index in [4.69, 9.17) is 4.42 Å². The van der Waals surface area contributed by atoms with Gasteiger partial charge in [-0.3, -0.25) is 4.40 Å². The minimum atomic E-state index is 0.615. The quantitative estimate of drug-likeness (QED) is 0.575. The van der Waals surface area contributed by atoms with Crippen molar-refractivity contribution in [3.63, 3.8) is 0 Å². The van der Waals surface area contributed by atoms with Crippen molar-refractivity contribution in [1.82, 2.24) is 24.8 Å². The minimum Gasteiger partial charge on any atom is -0.428 e. The van der Waals surface area contributed by atoms with Crippen LogP contribution < -0.4 is 0 Å². The van der Waals surface area contributed by atoms with Gasteiger partial charge in [-0.05, 0) is 23.3 Å². The number of rotatable bonds is 3. The lowest BCUT2D eigenvalue weighted by Crippen LogP contribution is -1.92. The summed E-state index contributed by atoms with van der Waals surface area (Å²) >= 11 is 0. The Kier molecular flexibility index (Phi) is 2.71. The van der Waals surface area contributed by atoms with E-state index in [-0.39, 0.29) is 0 Å². The fourth-order valence-electron chi connectivity index (χ4n) is 2.33. The van der Waals surface area contributed by atoms with E-state index in [0.717, 1.165) is 22.5 Å². The summed E-state index contributed by atoms with van der Waals surface area (Å²) in [6.07, 6.45) is 3.70. The molecule has 0 aliphatic heterocycles. The van der Waals surface area contributed by atoms with Gasteiger partial charge in [0.15, 0.2) is 5.65 Å². The molecule has 6 nitrogen and oxygen atoms in total. The predicted molar refractivity (Wildman–Crippen MR) is 75.5 cm³/mol. The lowest BCUT2D eigenvalue weighted by molar-refractivity contribution is 0.505. The number of pyridine rings is 1. The molecule has 3 aromatic heterocycles. The topological polar surface area (TPSA) is 69.1 Å². The summed E-state index contributed by atoms with van der Waals surface area (Å²) in [7, 11) is 0. The molecule has 4 rings (SSSR count). The van der Waals surface area contributed by atoms with Crippen LogP contribution in [0.15, 0.2) is 59.6 Å². The van der Waals surface area contributed by atoms with Crippen LogP contribution in [0, 0.1) is 0 Å². The fourth-order valence-corrected chi connectivity index (χ4v) is 2.33. The number of nitrogens with zero attached hydrogens (tertiary/aromatic N) is 5. The average Bonchev–Trinajstić information content (AvgIpc) is 3.18. The van der Waals surface area contributed by atoms with Gasteiger partial charge in [0, 0.05) is 0 Å². The number of aromatic nitrogens is 5. The minimum absolute atomic E-state index is 0.615. The summed E-state index contributed by atoms with van der Waals surface area (Å²) in [6, 6.07) is 14.2. The number of hydrogen-bond acceptors (Lipinski definition) is 5. The second-order valence-corrected chi connectivity index (χ2v) is 4.68. The zero-order valence-corrected chi connectivity index (χ0v) is 11.0. The molecule has 0 fully saturated rings. The first-order valence-electron chi connectivity index (χ1n) is 6.53. The predicted octanol–water partition coefficient (Wildman–Crippen LogP) is 2.37. The van der Waals surface area contributed by atoms with Crippen LogP contribution in [0.5, 0.6) is 0 Å². The van der Waals surface area contributed by atoms with E-state index in [1.807, 2.05) is 22.6 Å². The first kappa shape index (κ1) is 11.8. The van der Waals surface area contributed by atoms with Gasteiger partial charge in [-0.2, -0.15) is 0 Å². The first-order chi connectivity index (χ1) is 10.4. The smallest absolute Gasteiger partial charge is 0.220 e. The molecule has 21 heavy (non-hydrogen) atoms. The Hall–Kier alpha value is -3.02. The third-order valence-electron chi connectivity index (χ3n) is 3.34. The van der Waals surface area contributed by atoms with Crippen LogP contribution >= 0.6 is 0 Å². The van der Waals surface area contributed by atoms with Gasteiger partial charge in [0.2, 0.25) is 12.3 Å². The van der Waals surface area contributed by atoms with E-state index in [0.29, 0.717) is 12.3 Å². The highest BCUT2D eigenvalue weighted by Gasteiger charge is 2.05. The normalized spacial score (nSPS) is 11.0. The van der Waals surface area contributed by atoms with Gasteiger partial charge >= 0.3 is 0 Å². The Morgan fingerprint density at radius 3 is 2.67 bits per heavy atom. The zero-order chi connectivity index (χ0) is 14.1. The van der Waals surface area contributed by atoms with E-state index >= 15 is 0 Å². The molecule has 0 radical (unpaired) electrons. The molecule has 0 spiro atoms. The summed E-state index contributed by atoms with van der Waals surface area (Å²) in [5, 5.41) is 15.6. The van der Waals surface area contributed by atoms with Gasteiger partial charge in [0.1, 0.15) is 6.33 Å². The highest BCUT2D eigenvalue weighted by molar-refractivity contribution is 5.63. The molecule has 0 amide bonds. The van der Waals surface area contributed by atoms with Gasteiger partial charge in [-0.15, -0.1) is 20.4 Å². The standard InChI is InChI=1S/C15H11N5O/c1-2-13(20-9-16-18-14(20)3-1)12-6-4-11(5-7-12)8-15-19-17-10-21-15/h1-7,9-10H,8H2. The summed E-state index contributed by atoms with van der Waals surface area (Å²) < 4.78 is 7.12. The third-order valence-corrected chi connectivity index (χ3v) is 3.34. The molecule has 0 atom stereocenters. The lowest BCUT2D eigenvalue weighted by Gasteiger charge is -2.05. The molecule has 0 aliphatic carbocycles. The van der Waals surface area contributed by atoms with Crippen molar-refractivity contribution < 1.29 is 4.42 Å². The Bertz CT molecular complexity index is 865. The highest BCUT2D eigenvalue weighted by atomic mass is 16.4. The van der Waals surface area contributed by atoms with Gasteiger partial charge in [0.05, 0.1) is 12.1 Å². The molecule has 0 saturated carbocycles. The molecule has 3 heterocycles. The van der Waals surface area contributed by atoms with Crippen LogP contribution in [0.3, 0.4) is 0 Å². The molecular weight excluding hydrogens is 266 g/mol. The van der Waals surface area contributed by atoms with Gasteiger partial charge in [-0.25, -0.2) is 0 Å². The molecular formula is C15H11N5O. The van der Waals surface area contributed by atoms with Crippen molar-refractivity contribution in [3.8, 4) is 11.3 Å². The molecule has 0 saturated heterocycles. The van der Waals surface area contributed by atoms with Crippen LogP contribution in [-0.2, 0) is 6.42 Å². The number of fused-ring (bicyclic) bond motifs is 1. The van der Waals surface area contributed by atoms with Crippen LogP contribution in [-0.4, -0.2) is 24.8 Å². The highest BCUT2D eigenvalue weighted by Crippen LogP contribution is 2.21. The lowest BCUT2D eigenvalue weighted by atomic mass is 10.1. The van der Waals surface area contributed by atoms with Crippen LogP contribution in [0.1, 0.15) is 11.5 Å². The summed E-state index contributed by atoms with van der Waals surface area (Å²) in [5.74, 6) is 0.615. The SMILES string of the molecule is c1cc(-c2ccc(Cc3nnco3)cc2)n2cnnc2c1. The summed E-state index contributed by atoms with van der Waals surface area (Å²) in [4.78, 5) is 0. The van der Waals surface area contributed by atoms with E-state index in [1.54, 1.807) is 6.33 Å². The van der Waals surface area contributed by atoms with Crippen molar-refractivity contribution in [2.75, 3.05) is 0 Å². The first-order valence-corrected chi connectivity index (χ1v) is 6.53. The Balaban J connectivity index is 1.68. The monoisotopic (exact) mass is 277 g/mol. The zero-order valence-electron chi connectivity index (χ0n) is 11.0. The maximum Gasteiger partial charge on any atom is 0.220 e. The average molecular weight is 277 g/mol. The molecule has 1 aromatic carbocycles. The van der Waals surface area contributed by atoms with E-state index in [2.05, 4.69) is 44.7 Å². The number of benzene rings is 1. The van der Waals surface area contributed by atoms with E-state index in [1.165, 1.54) is 6.39 Å². The van der Waals surface area contributed by atoms with E-state index < -0.39 is 0 Å². The summed E-state index contributed by atoms with van der Waals surface area (Å²) in [5.41, 5.74) is 4.12. The Morgan fingerprint density at radius 2 is 1.86 bits per heavy atom. The molecule has 0 unspecified atom stereocenters. The van der Waals surface area contributed by atoms with Crippen molar-refractivity contribution in [2.45, 2.75) is 6.42 Å². The molecule has 4 aromatic rings. The van der Waals surface area contributed by atoms with Gasteiger partial charge < -0.3 is 4.42 Å². The van der Waals surface area contributed by atoms with Gasteiger partial charge in [-0.1, -0.05) is 30.3 Å². The maximum atomic E-state index is 5.16. The Morgan fingerprint density at radius 1 is 0.952 bits per heavy atom.